The van der Waals surface area contributed by atoms with Gasteiger partial charge >= 0.3 is 18.2 Å². The van der Waals surface area contributed by atoms with E-state index >= 15 is 0 Å². The van der Waals surface area contributed by atoms with Crippen LogP contribution in [0.15, 0.2) is 66.5 Å². The van der Waals surface area contributed by atoms with E-state index in [1.54, 1.807) is 41.9 Å². The molecule has 36 heavy (non-hydrogen) atoms. The summed E-state index contributed by atoms with van der Waals surface area (Å²) in [6, 6.07) is 12.6. The smallest absolute Gasteiger partial charge is 0.416 e. The molecule has 4 rings (SSSR count). The molecule has 1 aliphatic heterocycles. The van der Waals surface area contributed by atoms with E-state index in [4.69, 9.17) is 5.26 Å². The zero-order chi connectivity index (χ0) is 26.2. The van der Waals surface area contributed by atoms with Gasteiger partial charge in [-0.05, 0) is 62.4 Å². The van der Waals surface area contributed by atoms with Crippen LogP contribution < -0.4 is 4.90 Å². The van der Waals surface area contributed by atoms with Crippen molar-refractivity contribution in [3.8, 4) is 11.8 Å². The summed E-state index contributed by atoms with van der Waals surface area (Å²) in [5.41, 5.74) is 1.43. The monoisotopic (exact) mass is 495 g/mol. The Labute approximate surface area is 204 Å². The topological polar surface area (TPSA) is 102 Å². The summed E-state index contributed by atoms with van der Waals surface area (Å²) in [6.45, 7) is 2.82. The number of nitriles is 1. The Hall–Kier alpha value is -4.59. The van der Waals surface area contributed by atoms with Gasteiger partial charge in [0.25, 0.3) is 0 Å². The van der Waals surface area contributed by atoms with Crippen LogP contribution in [-0.4, -0.2) is 44.4 Å². The Balaban J connectivity index is 1.89. The number of carboxylic acids is 1. The van der Waals surface area contributed by atoms with Crippen molar-refractivity contribution in [2.24, 2.45) is 0 Å². The van der Waals surface area contributed by atoms with Crippen LogP contribution in [0.4, 0.5) is 23.7 Å². The van der Waals surface area contributed by atoms with E-state index in [1.807, 2.05) is 6.07 Å². The molecule has 0 fully saturated rings. The summed E-state index contributed by atoms with van der Waals surface area (Å²) in [5, 5.41) is 23.0. The average Bonchev–Trinajstić information content (AvgIpc) is 3.33. The molecule has 8 nitrogen and oxygen atoms in total. The van der Waals surface area contributed by atoms with Crippen molar-refractivity contribution in [3.05, 3.63) is 83.3 Å². The maximum atomic E-state index is 13.4. The molecule has 0 radical (unpaired) electrons. The van der Waals surface area contributed by atoms with E-state index in [9.17, 15) is 27.9 Å². The largest absolute Gasteiger partial charge is 0.480 e. The van der Waals surface area contributed by atoms with Gasteiger partial charge in [-0.2, -0.15) is 23.5 Å². The molecule has 0 bridgehead atoms. The summed E-state index contributed by atoms with van der Waals surface area (Å²) in [6.07, 6.45) is -3.11. The summed E-state index contributed by atoms with van der Waals surface area (Å²) >= 11 is 0. The number of urea groups is 1. The molecule has 2 heterocycles. The molecule has 1 N–H and O–H groups in total. The molecule has 0 spiro atoms. The van der Waals surface area contributed by atoms with Crippen LogP contribution in [0.1, 0.15) is 30.7 Å². The highest BCUT2D eigenvalue weighted by molar-refractivity contribution is 6.02. The first-order chi connectivity index (χ1) is 17.0. The minimum absolute atomic E-state index is 0.0449. The van der Waals surface area contributed by atoms with Gasteiger partial charge < -0.3 is 10.0 Å². The number of rotatable bonds is 5. The summed E-state index contributed by atoms with van der Waals surface area (Å²) < 4.78 is 41.8. The average molecular weight is 495 g/mol. The molecule has 0 aliphatic carbocycles. The first kappa shape index (κ1) is 24.5. The number of nitrogens with zero attached hydrogens (tertiary/aromatic N) is 5. The number of carbonyl (C=O) groups is 2. The normalized spacial score (nSPS) is 15.2. The lowest BCUT2D eigenvalue weighted by molar-refractivity contribution is -0.141. The fraction of sp³-hybridized carbons (Fsp3) is 0.200. The fourth-order valence-electron chi connectivity index (χ4n) is 4.00. The molecule has 0 saturated carbocycles. The molecule has 2 amide bonds. The summed E-state index contributed by atoms with van der Waals surface area (Å²) in [4.78, 5) is 27.4. The van der Waals surface area contributed by atoms with Crippen molar-refractivity contribution < 1.29 is 27.9 Å². The van der Waals surface area contributed by atoms with Crippen LogP contribution >= 0.6 is 0 Å². The van der Waals surface area contributed by atoms with Gasteiger partial charge in [-0.1, -0.05) is 6.07 Å². The number of anilines is 1. The first-order valence-corrected chi connectivity index (χ1v) is 10.8. The molecular weight excluding hydrogens is 475 g/mol. The van der Waals surface area contributed by atoms with Gasteiger partial charge in [-0.15, -0.1) is 0 Å². The zero-order valence-electron chi connectivity index (χ0n) is 19.2. The van der Waals surface area contributed by atoms with Gasteiger partial charge in [-0.25, -0.2) is 14.3 Å². The zero-order valence-corrected chi connectivity index (χ0v) is 19.2. The van der Waals surface area contributed by atoms with Crippen LogP contribution in [-0.2, 0) is 11.0 Å². The number of hydrogen-bond donors (Lipinski definition) is 1. The van der Waals surface area contributed by atoms with E-state index in [0.717, 1.165) is 21.9 Å². The number of alkyl halides is 3. The molecule has 1 aromatic heterocycles. The molecular formula is C25H20F3N5O3. The number of aliphatic carboxylic acids is 1. The van der Waals surface area contributed by atoms with Crippen molar-refractivity contribution in [2.45, 2.75) is 26.1 Å². The second kappa shape index (κ2) is 9.22. The number of allylic oxidation sites excluding steroid dienone is 1. The highest BCUT2D eigenvalue weighted by atomic mass is 19.4. The summed E-state index contributed by atoms with van der Waals surface area (Å²) in [5.74, 6) is -1.26. The number of benzene rings is 2. The second-order valence-corrected chi connectivity index (χ2v) is 8.16. The Bertz CT molecular complexity index is 1400. The number of carboxylic acid groups (broad SMARTS) is 1. The number of halogens is 3. The third-order valence-corrected chi connectivity index (χ3v) is 5.99. The second-order valence-electron chi connectivity index (χ2n) is 8.16. The lowest BCUT2D eigenvalue weighted by Crippen LogP contribution is -2.53. The van der Waals surface area contributed by atoms with Gasteiger partial charge in [0.1, 0.15) is 6.04 Å². The van der Waals surface area contributed by atoms with Crippen molar-refractivity contribution >= 4 is 23.3 Å². The van der Waals surface area contributed by atoms with E-state index in [0.29, 0.717) is 28.2 Å². The first-order valence-electron chi connectivity index (χ1n) is 10.8. The Morgan fingerprint density at radius 2 is 1.83 bits per heavy atom. The predicted octanol–water partition coefficient (Wildman–Crippen LogP) is 4.91. The maximum Gasteiger partial charge on any atom is 0.416 e. The van der Waals surface area contributed by atoms with Gasteiger partial charge in [0.15, 0.2) is 0 Å². The van der Waals surface area contributed by atoms with Crippen LogP contribution in [0.25, 0.3) is 11.3 Å². The third kappa shape index (κ3) is 4.40. The molecule has 2 aromatic carbocycles. The van der Waals surface area contributed by atoms with E-state index in [-0.39, 0.29) is 12.2 Å². The molecule has 1 aliphatic rings. The fourth-order valence-corrected chi connectivity index (χ4v) is 4.00. The summed E-state index contributed by atoms with van der Waals surface area (Å²) in [7, 11) is 0. The van der Waals surface area contributed by atoms with Crippen LogP contribution in [0.5, 0.6) is 0 Å². The van der Waals surface area contributed by atoms with Crippen LogP contribution in [0.3, 0.4) is 0 Å². The van der Waals surface area contributed by atoms with Crippen molar-refractivity contribution in [1.29, 1.82) is 5.26 Å². The standard InChI is InChI=1S/C25H20F3N5O3/c1-15-21(22-10-11-30-33(22)19-8-6-17(13-29)7-9-19)14-31(16(2)23(34)35)24(36)32(15)20-5-3-4-18(12-20)25(26,27)28/h3-12,16H,14H2,1-2H3,(H,34,35). The van der Waals surface area contributed by atoms with Crippen molar-refractivity contribution in [2.75, 3.05) is 11.4 Å². The van der Waals surface area contributed by atoms with Crippen LogP contribution in [0, 0.1) is 11.3 Å². The SMILES string of the molecule is CC1=C(c2ccnn2-c2ccc(C#N)cc2)CN(C(C)C(=O)O)C(=O)N1c1cccc(C(F)(F)F)c1. The Morgan fingerprint density at radius 1 is 1.14 bits per heavy atom. The van der Waals surface area contributed by atoms with Crippen molar-refractivity contribution in [3.63, 3.8) is 0 Å². The van der Waals surface area contributed by atoms with Crippen molar-refractivity contribution in [1.82, 2.24) is 14.7 Å². The molecule has 3 aromatic rings. The van der Waals surface area contributed by atoms with E-state index < -0.39 is 29.8 Å². The Kier molecular flexibility index (Phi) is 6.28. The van der Waals surface area contributed by atoms with E-state index in [1.165, 1.54) is 25.3 Å². The van der Waals surface area contributed by atoms with Gasteiger partial charge in [0, 0.05) is 11.3 Å². The quantitative estimate of drug-likeness (QED) is 0.542. The van der Waals surface area contributed by atoms with Gasteiger partial charge in [0.2, 0.25) is 0 Å². The minimum Gasteiger partial charge on any atom is -0.480 e. The van der Waals surface area contributed by atoms with Crippen LogP contribution in [0.2, 0.25) is 0 Å². The van der Waals surface area contributed by atoms with E-state index in [2.05, 4.69) is 5.10 Å². The number of hydrogen-bond acceptors (Lipinski definition) is 4. The third-order valence-electron chi connectivity index (χ3n) is 5.99. The number of amides is 2. The molecule has 184 valence electrons. The highest BCUT2D eigenvalue weighted by Gasteiger charge is 2.39. The Morgan fingerprint density at radius 3 is 2.44 bits per heavy atom. The number of aromatic nitrogens is 2. The maximum absolute atomic E-state index is 13.4. The molecule has 1 unspecified atom stereocenters. The minimum atomic E-state index is -4.63. The predicted molar refractivity (Wildman–Crippen MR) is 124 cm³/mol. The molecule has 1 atom stereocenters. The molecule has 11 heteroatoms. The number of carbonyl (C=O) groups excluding carboxylic acids is 1. The lowest BCUT2D eigenvalue weighted by Gasteiger charge is -2.39. The lowest BCUT2D eigenvalue weighted by atomic mass is 10.0. The highest BCUT2D eigenvalue weighted by Crippen LogP contribution is 2.37. The van der Waals surface area contributed by atoms with Gasteiger partial charge in [-0.3, -0.25) is 4.90 Å². The van der Waals surface area contributed by atoms with Gasteiger partial charge in [0.05, 0.1) is 47.0 Å². The molecule has 0 saturated heterocycles.